The summed E-state index contributed by atoms with van der Waals surface area (Å²) in [7, 11) is 1.69. The van der Waals surface area contributed by atoms with Crippen LogP contribution < -0.4 is 10.1 Å². The molecule has 1 aromatic carbocycles. The molecule has 1 aromatic heterocycles. The second-order valence-electron chi connectivity index (χ2n) is 5.37. The highest BCUT2D eigenvalue weighted by molar-refractivity contribution is 9.10. The molecule has 0 saturated carbocycles. The summed E-state index contributed by atoms with van der Waals surface area (Å²) in [5, 5.41) is 4.50. The molecule has 0 bridgehead atoms. The maximum atomic E-state index is 6.07. The van der Waals surface area contributed by atoms with Crippen LogP contribution in [-0.4, -0.2) is 13.7 Å². The molecule has 0 unspecified atom stereocenters. The minimum Gasteiger partial charge on any atom is -0.497 e. The van der Waals surface area contributed by atoms with Gasteiger partial charge in [0.1, 0.15) is 17.1 Å². The molecule has 1 N–H and O–H groups in total. The van der Waals surface area contributed by atoms with Gasteiger partial charge in [-0.2, -0.15) is 0 Å². The second-order valence-corrected chi connectivity index (χ2v) is 6.22. The molecule has 4 heteroatoms. The lowest BCUT2D eigenvalue weighted by molar-refractivity contribution is 0.415. The van der Waals surface area contributed by atoms with Gasteiger partial charge in [-0.3, -0.25) is 0 Å². The summed E-state index contributed by atoms with van der Waals surface area (Å²) in [6, 6.07) is 4.01. The van der Waals surface area contributed by atoms with Crippen molar-refractivity contribution in [2.45, 2.75) is 33.7 Å². The topological polar surface area (TPSA) is 34.4 Å². The van der Waals surface area contributed by atoms with Crippen molar-refractivity contribution in [1.82, 2.24) is 5.32 Å². The van der Waals surface area contributed by atoms with Crippen LogP contribution in [0.5, 0.6) is 5.75 Å². The van der Waals surface area contributed by atoms with E-state index in [9.17, 15) is 0 Å². The third kappa shape index (κ3) is 3.18. The summed E-state index contributed by atoms with van der Waals surface area (Å²) >= 11 is 3.58. The lowest BCUT2D eigenvalue weighted by Gasteiger charge is -2.07. The van der Waals surface area contributed by atoms with E-state index in [1.54, 1.807) is 7.11 Å². The van der Waals surface area contributed by atoms with Crippen LogP contribution in [0.15, 0.2) is 21.0 Å². The molecule has 0 spiro atoms. The summed E-state index contributed by atoms with van der Waals surface area (Å²) in [6.07, 6.45) is 1.01. The third-order valence-electron chi connectivity index (χ3n) is 3.29. The number of rotatable bonds is 6. The minimum atomic E-state index is 0.584. The number of hydrogen-bond donors (Lipinski definition) is 1. The molecule has 1 heterocycles. The highest BCUT2D eigenvalue weighted by Gasteiger charge is 2.18. The standard InChI is InChI=1S/C16H22BrNO2/c1-5-18-9-15-12(6-10(2)3)13-7-11(19-4)8-14(17)16(13)20-15/h7-8,10,18H,5-6,9H2,1-4H3. The average Bonchev–Trinajstić information content (AvgIpc) is 2.74. The van der Waals surface area contributed by atoms with Crippen LogP contribution in [0.1, 0.15) is 32.1 Å². The van der Waals surface area contributed by atoms with Gasteiger partial charge in [0, 0.05) is 10.9 Å². The van der Waals surface area contributed by atoms with Crippen molar-refractivity contribution in [1.29, 1.82) is 0 Å². The highest BCUT2D eigenvalue weighted by Crippen LogP contribution is 2.36. The molecule has 0 atom stereocenters. The normalized spacial score (nSPS) is 11.5. The van der Waals surface area contributed by atoms with Crippen LogP contribution in [0.3, 0.4) is 0 Å². The molecule has 20 heavy (non-hydrogen) atoms. The van der Waals surface area contributed by atoms with Crippen molar-refractivity contribution in [3.63, 3.8) is 0 Å². The Hall–Kier alpha value is -1.00. The van der Waals surface area contributed by atoms with Crippen LogP contribution in [-0.2, 0) is 13.0 Å². The predicted octanol–water partition coefficient (Wildman–Crippen LogP) is 4.51. The minimum absolute atomic E-state index is 0.584. The Morgan fingerprint density at radius 1 is 1.35 bits per heavy atom. The Bertz CT molecular complexity index is 590. The molecule has 0 aliphatic heterocycles. The van der Waals surface area contributed by atoms with Crippen LogP contribution in [0.4, 0.5) is 0 Å². The second kappa shape index (κ2) is 6.64. The van der Waals surface area contributed by atoms with E-state index >= 15 is 0 Å². The summed E-state index contributed by atoms with van der Waals surface area (Å²) in [6.45, 7) is 8.25. The summed E-state index contributed by atoms with van der Waals surface area (Å²) in [5.74, 6) is 2.47. The monoisotopic (exact) mass is 339 g/mol. The molecule has 2 rings (SSSR count). The molecule has 0 aliphatic carbocycles. The molecular weight excluding hydrogens is 318 g/mol. The van der Waals surface area contributed by atoms with Crippen molar-refractivity contribution >= 4 is 26.9 Å². The largest absolute Gasteiger partial charge is 0.497 e. The first kappa shape index (κ1) is 15.4. The average molecular weight is 340 g/mol. The van der Waals surface area contributed by atoms with Crippen molar-refractivity contribution in [3.05, 3.63) is 27.9 Å². The van der Waals surface area contributed by atoms with Gasteiger partial charge in [-0.25, -0.2) is 0 Å². The van der Waals surface area contributed by atoms with E-state index in [2.05, 4.69) is 48.1 Å². The molecule has 3 nitrogen and oxygen atoms in total. The number of ether oxygens (including phenoxy) is 1. The quantitative estimate of drug-likeness (QED) is 0.840. The maximum Gasteiger partial charge on any atom is 0.149 e. The predicted molar refractivity (Wildman–Crippen MR) is 86.4 cm³/mol. The smallest absolute Gasteiger partial charge is 0.149 e. The van der Waals surface area contributed by atoms with E-state index in [0.717, 1.165) is 46.5 Å². The first-order valence-corrected chi connectivity index (χ1v) is 7.84. The van der Waals surface area contributed by atoms with Crippen molar-refractivity contribution in [2.24, 2.45) is 5.92 Å². The Morgan fingerprint density at radius 3 is 2.70 bits per heavy atom. The molecule has 110 valence electrons. The molecule has 2 aromatic rings. The van der Waals surface area contributed by atoms with Gasteiger partial charge in [0.15, 0.2) is 0 Å². The molecule has 0 saturated heterocycles. The number of methoxy groups -OCH3 is 1. The van der Waals surface area contributed by atoms with Gasteiger partial charge in [0.05, 0.1) is 18.1 Å². The fourth-order valence-corrected chi connectivity index (χ4v) is 2.88. The van der Waals surface area contributed by atoms with Crippen molar-refractivity contribution in [3.8, 4) is 5.75 Å². The van der Waals surface area contributed by atoms with Crippen LogP contribution in [0, 0.1) is 5.92 Å². The SMILES string of the molecule is CCNCc1oc2c(Br)cc(OC)cc2c1CC(C)C. The summed E-state index contributed by atoms with van der Waals surface area (Å²) in [4.78, 5) is 0. The molecule has 0 radical (unpaired) electrons. The summed E-state index contributed by atoms with van der Waals surface area (Å²) < 4.78 is 12.4. The van der Waals surface area contributed by atoms with Gasteiger partial charge >= 0.3 is 0 Å². The number of fused-ring (bicyclic) bond motifs is 1. The number of benzene rings is 1. The van der Waals surface area contributed by atoms with Gasteiger partial charge in [-0.15, -0.1) is 0 Å². The van der Waals surface area contributed by atoms with E-state index in [1.807, 2.05) is 6.07 Å². The van der Waals surface area contributed by atoms with Gasteiger partial charge in [0.2, 0.25) is 0 Å². The number of nitrogens with one attached hydrogen (secondary N) is 1. The number of hydrogen-bond acceptors (Lipinski definition) is 3. The lowest BCUT2D eigenvalue weighted by Crippen LogP contribution is -2.12. The molecule has 0 fully saturated rings. The van der Waals surface area contributed by atoms with Crippen LogP contribution in [0.2, 0.25) is 0 Å². The zero-order valence-corrected chi connectivity index (χ0v) is 14.1. The zero-order chi connectivity index (χ0) is 14.7. The van der Waals surface area contributed by atoms with Crippen molar-refractivity contribution in [2.75, 3.05) is 13.7 Å². The van der Waals surface area contributed by atoms with Crippen molar-refractivity contribution < 1.29 is 9.15 Å². The molecular formula is C16H22BrNO2. The van der Waals surface area contributed by atoms with E-state index < -0.39 is 0 Å². The van der Waals surface area contributed by atoms with E-state index in [0.29, 0.717) is 5.92 Å². The van der Waals surface area contributed by atoms with Gasteiger partial charge < -0.3 is 14.5 Å². The summed E-state index contributed by atoms with van der Waals surface area (Å²) in [5.41, 5.74) is 2.20. The van der Waals surface area contributed by atoms with E-state index in [1.165, 1.54) is 5.56 Å². The molecule has 0 aliphatic rings. The maximum absolute atomic E-state index is 6.07. The van der Waals surface area contributed by atoms with Crippen LogP contribution in [0.25, 0.3) is 11.0 Å². The van der Waals surface area contributed by atoms with Gasteiger partial charge in [0.25, 0.3) is 0 Å². The van der Waals surface area contributed by atoms with E-state index in [4.69, 9.17) is 9.15 Å². The zero-order valence-electron chi connectivity index (χ0n) is 12.5. The first-order valence-electron chi connectivity index (χ1n) is 7.05. The Kier molecular flexibility index (Phi) is 5.11. The van der Waals surface area contributed by atoms with E-state index in [-0.39, 0.29) is 0 Å². The highest BCUT2D eigenvalue weighted by atomic mass is 79.9. The lowest BCUT2D eigenvalue weighted by atomic mass is 9.99. The Morgan fingerprint density at radius 2 is 2.10 bits per heavy atom. The number of furan rings is 1. The first-order chi connectivity index (χ1) is 9.56. The Labute approximate surface area is 128 Å². The number of halogens is 1. The van der Waals surface area contributed by atoms with Gasteiger partial charge in [-0.05, 0) is 46.9 Å². The van der Waals surface area contributed by atoms with Crippen LogP contribution >= 0.6 is 15.9 Å². The fourth-order valence-electron chi connectivity index (χ4n) is 2.36. The third-order valence-corrected chi connectivity index (χ3v) is 3.88. The molecule has 0 amide bonds. The fraction of sp³-hybridized carbons (Fsp3) is 0.500. The van der Waals surface area contributed by atoms with Gasteiger partial charge in [-0.1, -0.05) is 20.8 Å². The Balaban J connectivity index is 2.57.